The topological polar surface area (TPSA) is 164 Å². The summed E-state index contributed by atoms with van der Waals surface area (Å²) in [4.78, 5) is 68.8. The molecule has 1 aliphatic carbocycles. The molecule has 0 spiro atoms. The van der Waals surface area contributed by atoms with Gasteiger partial charge in [-0.25, -0.2) is 4.79 Å². The lowest BCUT2D eigenvalue weighted by molar-refractivity contribution is -0.302. The first-order valence-electron chi connectivity index (χ1n) is 21.6. The summed E-state index contributed by atoms with van der Waals surface area (Å²) in [6.45, 7) is 11.8. The summed E-state index contributed by atoms with van der Waals surface area (Å²) in [6.07, 6.45) is 8.32. The van der Waals surface area contributed by atoms with Gasteiger partial charge in [-0.05, 0) is 108 Å². The molecule has 3 heterocycles. The molecule has 13 nitrogen and oxygen atoms in total. The molecule has 58 heavy (non-hydrogen) atoms. The van der Waals surface area contributed by atoms with Gasteiger partial charge in [-0.15, -0.1) is 0 Å². The summed E-state index contributed by atoms with van der Waals surface area (Å²) in [5, 5.41) is 12.0. The second kappa shape index (κ2) is 22.2. The molecule has 2 bridgehead atoms. The minimum atomic E-state index is -2.47. The molecule has 3 fully saturated rings. The number of methoxy groups -OCH3 is 3. The number of fused-ring (bicyclic) bond motifs is 3. The van der Waals surface area contributed by atoms with Crippen LogP contribution in [-0.2, 0) is 52.4 Å². The first kappa shape index (κ1) is 47.9. The SMILES string of the molecule is CCC1C=C(C)CC(C)CC(OC)C2OC(O)(C(=O)C(=O)N3CCCCC3C(=O)OC(C(C)=CC3CCC(OCC=O)C(OC)C3)C(C)CCC1=O)C(C)CC2OC. The number of rotatable bonds is 9. The lowest BCUT2D eigenvalue weighted by atomic mass is 9.82. The van der Waals surface area contributed by atoms with E-state index < -0.39 is 59.8 Å². The number of piperidine rings is 1. The van der Waals surface area contributed by atoms with Crippen LogP contribution in [0.3, 0.4) is 0 Å². The Kier molecular flexibility index (Phi) is 18.3. The van der Waals surface area contributed by atoms with E-state index in [9.17, 15) is 29.1 Å². The van der Waals surface area contributed by atoms with E-state index in [4.69, 9.17) is 28.4 Å². The van der Waals surface area contributed by atoms with Crippen molar-refractivity contribution in [1.29, 1.82) is 0 Å². The minimum Gasteiger partial charge on any atom is -0.456 e. The highest BCUT2D eigenvalue weighted by atomic mass is 16.7. The third-order valence-corrected chi connectivity index (χ3v) is 13.1. The zero-order valence-electron chi connectivity index (χ0n) is 36.4. The molecule has 3 aliphatic heterocycles. The van der Waals surface area contributed by atoms with Gasteiger partial charge < -0.3 is 43.2 Å². The molecule has 0 aromatic heterocycles. The highest BCUT2D eigenvalue weighted by molar-refractivity contribution is 6.39. The van der Waals surface area contributed by atoms with Crippen LogP contribution >= 0.6 is 0 Å². The summed E-state index contributed by atoms with van der Waals surface area (Å²) in [5.41, 5.74) is 1.90. The van der Waals surface area contributed by atoms with Crippen molar-refractivity contribution in [2.24, 2.45) is 29.6 Å². The first-order valence-corrected chi connectivity index (χ1v) is 21.6. The third kappa shape index (κ3) is 11.7. The zero-order chi connectivity index (χ0) is 42.7. The lowest BCUT2D eigenvalue weighted by Gasteiger charge is -2.47. The van der Waals surface area contributed by atoms with Gasteiger partial charge in [0.2, 0.25) is 5.79 Å². The fourth-order valence-corrected chi connectivity index (χ4v) is 9.73. The van der Waals surface area contributed by atoms with E-state index in [0.717, 1.165) is 23.9 Å². The zero-order valence-corrected chi connectivity index (χ0v) is 36.4. The van der Waals surface area contributed by atoms with E-state index in [-0.39, 0.29) is 67.7 Å². The third-order valence-electron chi connectivity index (χ3n) is 13.1. The van der Waals surface area contributed by atoms with E-state index in [1.807, 2.05) is 27.7 Å². The first-order chi connectivity index (χ1) is 27.6. The Bertz CT molecular complexity index is 1480. The Hall–Kier alpha value is -2.81. The number of carbonyl (C=O) groups is 5. The van der Waals surface area contributed by atoms with Gasteiger partial charge in [-0.2, -0.15) is 0 Å². The van der Waals surface area contributed by atoms with Crippen molar-refractivity contribution in [3.05, 3.63) is 23.3 Å². The van der Waals surface area contributed by atoms with Crippen LogP contribution in [0, 0.1) is 29.6 Å². The monoisotopic (exact) mass is 817 g/mol. The quantitative estimate of drug-likeness (QED) is 0.130. The van der Waals surface area contributed by atoms with E-state index >= 15 is 0 Å². The molecule has 4 aliphatic rings. The molecule has 0 aromatic rings. The predicted molar refractivity (Wildman–Crippen MR) is 216 cm³/mol. The average Bonchev–Trinajstić information content (AvgIpc) is 3.21. The molecule has 1 amide bonds. The van der Waals surface area contributed by atoms with E-state index in [1.54, 1.807) is 28.3 Å². The van der Waals surface area contributed by atoms with Gasteiger partial charge in [0.1, 0.15) is 36.9 Å². The number of aldehydes is 1. The van der Waals surface area contributed by atoms with Crippen molar-refractivity contribution in [2.75, 3.05) is 34.5 Å². The number of ether oxygens (including phenoxy) is 6. The highest BCUT2D eigenvalue weighted by Crippen LogP contribution is 2.39. The van der Waals surface area contributed by atoms with Crippen LogP contribution in [0.25, 0.3) is 0 Å². The Morgan fingerprint density at radius 3 is 2.28 bits per heavy atom. The second-order valence-corrected chi connectivity index (χ2v) is 17.5. The lowest BCUT2D eigenvalue weighted by Crippen LogP contribution is -2.64. The van der Waals surface area contributed by atoms with Crippen LogP contribution in [0.2, 0.25) is 0 Å². The number of hydrogen-bond acceptors (Lipinski definition) is 12. The molecule has 0 radical (unpaired) electrons. The van der Waals surface area contributed by atoms with Crippen LogP contribution < -0.4 is 0 Å². The fourth-order valence-electron chi connectivity index (χ4n) is 9.73. The van der Waals surface area contributed by atoms with Gasteiger partial charge in [0.15, 0.2) is 0 Å². The number of allylic oxidation sites excluding steroid dienone is 3. The predicted octanol–water partition coefficient (Wildman–Crippen LogP) is 5.73. The maximum atomic E-state index is 14.3. The van der Waals surface area contributed by atoms with Crippen LogP contribution in [0.4, 0.5) is 0 Å². The number of cyclic esters (lactones) is 1. The van der Waals surface area contributed by atoms with Crippen LogP contribution in [0.1, 0.15) is 119 Å². The highest BCUT2D eigenvalue weighted by Gasteiger charge is 2.56. The number of amides is 1. The molecular formula is C45H71NO12. The Morgan fingerprint density at radius 1 is 0.931 bits per heavy atom. The summed E-state index contributed by atoms with van der Waals surface area (Å²) in [6, 6.07) is -1.05. The summed E-state index contributed by atoms with van der Waals surface area (Å²) < 4.78 is 35.9. The van der Waals surface area contributed by atoms with E-state index in [0.29, 0.717) is 57.8 Å². The number of Topliss-reactive ketones (excluding diaryl/α,β-unsaturated/α-hetero) is 2. The number of esters is 1. The molecule has 0 aromatic carbocycles. The van der Waals surface area contributed by atoms with Gasteiger partial charge in [-0.3, -0.25) is 14.4 Å². The van der Waals surface area contributed by atoms with Gasteiger partial charge >= 0.3 is 5.97 Å². The number of aliphatic hydroxyl groups is 1. The summed E-state index contributed by atoms with van der Waals surface area (Å²) in [5.74, 6) is -6.26. The molecule has 13 heteroatoms. The van der Waals surface area contributed by atoms with Crippen molar-refractivity contribution in [2.45, 2.75) is 167 Å². The van der Waals surface area contributed by atoms with Crippen molar-refractivity contribution in [3.8, 4) is 0 Å². The van der Waals surface area contributed by atoms with Crippen LogP contribution in [0.5, 0.6) is 0 Å². The molecule has 328 valence electrons. The number of hydrogen-bond donors (Lipinski definition) is 1. The maximum Gasteiger partial charge on any atom is 0.329 e. The standard InChI is InChI=1S/C45H71NO12/c1-10-33-22-27(2)21-28(3)23-38(54-8)41-39(55-9)25-31(6)45(52,58-41)42(49)43(50)46-18-12-11-13-34(46)44(51)57-40(29(4)14-16-35(33)48)30(5)24-32-15-17-36(56-20-19-47)37(26-32)53-7/h19,22,24,28-29,31-34,36-41,52H,10-18,20-21,23,25-26H2,1-9H3. The van der Waals surface area contributed by atoms with Gasteiger partial charge in [-0.1, -0.05) is 45.4 Å². The van der Waals surface area contributed by atoms with Crippen molar-refractivity contribution >= 4 is 29.7 Å². The normalized spacial score (nSPS) is 38.3. The number of nitrogens with zero attached hydrogens (tertiary/aromatic N) is 1. The van der Waals surface area contributed by atoms with Crippen LogP contribution in [-0.4, -0.2) is 123 Å². The van der Waals surface area contributed by atoms with Crippen molar-refractivity contribution in [3.63, 3.8) is 0 Å². The largest absolute Gasteiger partial charge is 0.456 e. The molecule has 13 unspecified atom stereocenters. The summed E-state index contributed by atoms with van der Waals surface area (Å²) in [7, 11) is 4.73. The number of ketones is 2. The molecule has 2 saturated heterocycles. The Balaban J connectivity index is 1.72. The molecule has 1 saturated carbocycles. The smallest absolute Gasteiger partial charge is 0.329 e. The van der Waals surface area contributed by atoms with Gasteiger partial charge in [0, 0.05) is 46.1 Å². The van der Waals surface area contributed by atoms with Crippen molar-refractivity contribution in [1.82, 2.24) is 4.90 Å². The second-order valence-electron chi connectivity index (χ2n) is 17.5. The Morgan fingerprint density at radius 2 is 1.62 bits per heavy atom. The molecule has 4 rings (SSSR count). The average molecular weight is 818 g/mol. The van der Waals surface area contributed by atoms with E-state index in [1.165, 1.54) is 4.90 Å². The van der Waals surface area contributed by atoms with Crippen LogP contribution in [0.15, 0.2) is 23.3 Å². The fraction of sp³-hybridized carbons (Fsp3) is 0.800. The molecular weight excluding hydrogens is 746 g/mol. The van der Waals surface area contributed by atoms with Gasteiger partial charge in [0.05, 0.1) is 24.4 Å². The van der Waals surface area contributed by atoms with Gasteiger partial charge in [0.25, 0.3) is 11.7 Å². The van der Waals surface area contributed by atoms with E-state index in [2.05, 4.69) is 19.1 Å². The summed E-state index contributed by atoms with van der Waals surface area (Å²) >= 11 is 0. The van der Waals surface area contributed by atoms with Crippen molar-refractivity contribution < 1.29 is 57.5 Å². The number of carbonyl (C=O) groups excluding carboxylic acids is 5. The molecule has 13 atom stereocenters. The molecule has 1 N–H and O–H groups in total. The Labute approximate surface area is 345 Å². The minimum absolute atomic E-state index is 0.00635. The maximum absolute atomic E-state index is 14.3.